The summed E-state index contributed by atoms with van der Waals surface area (Å²) in [5, 5.41) is 3.00. The Bertz CT molecular complexity index is 549. The molecule has 0 fully saturated rings. The second-order valence-corrected chi connectivity index (χ2v) is 4.21. The van der Waals surface area contributed by atoms with Crippen LogP contribution >= 0.6 is 0 Å². The number of nitrogens with zero attached hydrogens (tertiary/aromatic N) is 1. The highest BCUT2D eigenvalue weighted by molar-refractivity contribution is 5.26. The molecular weight excluding hydrogens is 236 g/mol. The summed E-state index contributed by atoms with van der Waals surface area (Å²) in [4.78, 5) is 7.56. The van der Waals surface area contributed by atoms with Gasteiger partial charge >= 0.3 is 0 Å². The average molecular weight is 251 g/mol. The maximum atomic E-state index is 13.1. The molecule has 0 amide bonds. The zero-order chi connectivity index (χ0) is 13.1. The largest absolute Gasteiger partial charge is 0.345 e. The van der Waals surface area contributed by atoms with Crippen LogP contribution in [0.5, 0.6) is 0 Å². The molecule has 0 atom stereocenters. The van der Waals surface area contributed by atoms with Crippen LogP contribution in [0.25, 0.3) is 0 Å². The Morgan fingerprint density at radius 1 is 1.28 bits per heavy atom. The van der Waals surface area contributed by atoms with Crippen LogP contribution in [0.1, 0.15) is 22.8 Å². The van der Waals surface area contributed by atoms with Gasteiger partial charge in [0.1, 0.15) is 5.82 Å². The van der Waals surface area contributed by atoms with Crippen molar-refractivity contribution in [2.45, 2.75) is 19.9 Å². The highest BCUT2D eigenvalue weighted by Crippen LogP contribution is 2.14. The molecule has 5 heteroatoms. The fraction of sp³-hybridized carbons (Fsp3) is 0.308. The van der Waals surface area contributed by atoms with Crippen molar-refractivity contribution in [2.24, 2.45) is 0 Å². The first-order valence-corrected chi connectivity index (χ1v) is 5.73. The Morgan fingerprint density at radius 2 is 2.06 bits per heavy atom. The molecule has 96 valence electrons. The third-order valence-electron chi connectivity index (χ3n) is 2.73. The van der Waals surface area contributed by atoms with Gasteiger partial charge in [-0.3, -0.25) is 0 Å². The van der Waals surface area contributed by atoms with E-state index < -0.39 is 11.6 Å². The monoisotopic (exact) mass is 251 g/mol. The number of nitrogens with one attached hydrogen (secondary N) is 2. The smallest absolute Gasteiger partial charge is 0.159 e. The van der Waals surface area contributed by atoms with Crippen LogP contribution in [0.4, 0.5) is 8.78 Å². The van der Waals surface area contributed by atoms with Crippen LogP contribution in [0.2, 0.25) is 0 Å². The van der Waals surface area contributed by atoms with Crippen molar-refractivity contribution in [3.05, 3.63) is 52.6 Å². The molecule has 0 bridgehead atoms. The van der Waals surface area contributed by atoms with Crippen molar-refractivity contribution in [3.63, 3.8) is 0 Å². The molecule has 0 saturated heterocycles. The predicted octanol–water partition coefficient (Wildman–Crippen LogP) is 2.31. The molecule has 0 spiro atoms. The number of aromatic amines is 1. The Morgan fingerprint density at radius 3 is 2.72 bits per heavy atom. The number of aromatic nitrogens is 2. The van der Waals surface area contributed by atoms with E-state index in [0.717, 1.165) is 23.3 Å². The first-order valence-electron chi connectivity index (χ1n) is 5.73. The van der Waals surface area contributed by atoms with E-state index in [1.54, 1.807) is 6.07 Å². The van der Waals surface area contributed by atoms with Crippen LogP contribution in [-0.2, 0) is 13.0 Å². The second-order valence-electron chi connectivity index (χ2n) is 4.21. The molecule has 1 heterocycles. The van der Waals surface area contributed by atoms with Crippen molar-refractivity contribution in [1.82, 2.24) is 15.3 Å². The number of hydrogen-bond acceptors (Lipinski definition) is 2. The van der Waals surface area contributed by atoms with Gasteiger partial charge in [0.05, 0.1) is 12.2 Å². The molecular formula is C13H15F2N3. The molecule has 0 unspecified atom stereocenters. The van der Waals surface area contributed by atoms with Crippen LogP contribution in [0.3, 0.4) is 0 Å². The Kier molecular flexibility index (Phi) is 3.72. The van der Waals surface area contributed by atoms with E-state index in [-0.39, 0.29) is 0 Å². The molecule has 0 aliphatic heterocycles. The summed E-state index contributed by atoms with van der Waals surface area (Å²) in [5.41, 5.74) is 2.51. The summed E-state index contributed by atoms with van der Waals surface area (Å²) >= 11 is 0. The standard InChI is InChI=1S/C13H15F2N3/c1-8-12(18-13(17-8)7-16-2)6-9-3-4-10(14)11(15)5-9/h3-5,16H,6-7H2,1-2H3,(H,17,18). The van der Waals surface area contributed by atoms with Crippen LogP contribution in [0.15, 0.2) is 18.2 Å². The molecule has 2 N–H and O–H groups in total. The van der Waals surface area contributed by atoms with Gasteiger partial charge in [0, 0.05) is 12.1 Å². The predicted molar refractivity (Wildman–Crippen MR) is 65.3 cm³/mol. The van der Waals surface area contributed by atoms with Gasteiger partial charge in [-0.05, 0) is 31.7 Å². The lowest BCUT2D eigenvalue weighted by atomic mass is 10.1. The maximum Gasteiger partial charge on any atom is 0.159 e. The Hall–Kier alpha value is -1.75. The van der Waals surface area contributed by atoms with Crippen LogP contribution in [0, 0.1) is 18.6 Å². The van der Waals surface area contributed by atoms with E-state index >= 15 is 0 Å². The number of halogens is 2. The molecule has 0 saturated carbocycles. The van der Waals surface area contributed by atoms with E-state index in [2.05, 4.69) is 15.3 Å². The zero-order valence-electron chi connectivity index (χ0n) is 10.3. The van der Waals surface area contributed by atoms with E-state index in [0.29, 0.717) is 18.5 Å². The maximum absolute atomic E-state index is 13.1. The molecule has 2 aromatic rings. The molecule has 1 aromatic heterocycles. The number of rotatable bonds is 4. The van der Waals surface area contributed by atoms with Gasteiger partial charge in [-0.15, -0.1) is 0 Å². The Labute approximate surface area is 104 Å². The van der Waals surface area contributed by atoms with Crippen molar-refractivity contribution in [2.75, 3.05) is 7.05 Å². The van der Waals surface area contributed by atoms with Crippen LogP contribution < -0.4 is 5.32 Å². The first-order chi connectivity index (χ1) is 8.60. The lowest BCUT2D eigenvalue weighted by Crippen LogP contribution is -2.06. The highest BCUT2D eigenvalue weighted by Gasteiger charge is 2.09. The van der Waals surface area contributed by atoms with Crippen molar-refractivity contribution in [3.8, 4) is 0 Å². The van der Waals surface area contributed by atoms with E-state index in [4.69, 9.17) is 0 Å². The van der Waals surface area contributed by atoms with Gasteiger partial charge in [-0.2, -0.15) is 0 Å². The zero-order valence-corrected chi connectivity index (χ0v) is 10.3. The van der Waals surface area contributed by atoms with E-state index in [1.807, 2.05) is 14.0 Å². The molecule has 0 aliphatic carbocycles. The molecule has 0 radical (unpaired) electrons. The van der Waals surface area contributed by atoms with Gasteiger partial charge in [-0.25, -0.2) is 13.8 Å². The minimum Gasteiger partial charge on any atom is -0.345 e. The normalized spacial score (nSPS) is 10.9. The summed E-state index contributed by atoms with van der Waals surface area (Å²) in [5.74, 6) is -0.808. The Balaban J connectivity index is 2.20. The second kappa shape index (κ2) is 5.27. The lowest BCUT2D eigenvalue weighted by molar-refractivity contribution is 0.507. The summed E-state index contributed by atoms with van der Waals surface area (Å²) in [6.45, 7) is 2.57. The average Bonchev–Trinajstić information content (AvgIpc) is 2.65. The number of aryl methyl sites for hydroxylation is 1. The van der Waals surface area contributed by atoms with Gasteiger partial charge < -0.3 is 10.3 Å². The van der Waals surface area contributed by atoms with Gasteiger partial charge in [0.25, 0.3) is 0 Å². The van der Waals surface area contributed by atoms with Crippen molar-refractivity contribution in [1.29, 1.82) is 0 Å². The molecule has 18 heavy (non-hydrogen) atoms. The van der Waals surface area contributed by atoms with Crippen molar-refractivity contribution < 1.29 is 8.78 Å². The third kappa shape index (κ3) is 2.73. The van der Waals surface area contributed by atoms with Gasteiger partial charge in [0.2, 0.25) is 0 Å². The van der Waals surface area contributed by atoms with Crippen molar-refractivity contribution >= 4 is 0 Å². The topological polar surface area (TPSA) is 40.7 Å². The molecule has 3 nitrogen and oxygen atoms in total. The number of imidazole rings is 1. The summed E-state index contributed by atoms with van der Waals surface area (Å²) in [6.07, 6.45) is 0.489. The quantitative estimate of drug-likeness (QED) is 0.875. The highest BCUT2D eigenvalue weighted by atomic mass is 19.2. The number of benzene rings is 1. The summed E-state index contributed by atoms with van der Waals surface area (Å²) < 4.78 is 25.9. The molecule has 0 aliphatic rings. The van der Waals surface area contributed by atoms with Gasteiger partial charge in [-0.1, -0.05) is 6.07 Å². The number of hydrogen-bond donors (Lipinski definition) is 2. The molecule has 1 aromatic carbocycles. The van der Waals surface area contributed by atoms with Crippen LogP contribution in [-0.4, -0.2) is 17.0 Å². The summed E-state index contributed by atoms with van der Waals surface area (Å²) in [7, 11) is 1.84. The van der Waals surface area contributed by atoms with E-state index in [9.17, 15) is 8.78 Å². The minimum atomic E-state index is -0.826. The summed E-state index contributed by atoms with van der Waals surface area (Å²) in [6, 6.07) is 3.92. The first kappa shape index (κ1) is 12.7. The fourth-order valence-corrected chi connectivity index (χ4v) is 1.83. The minimum absolute atomic E-state index is 0.489. The number of H-pyrrole nitrogens is 1. The third-order valence-corrected chi connectivity index (χ3v) is 2.73. The lowest BCUT2D eigenvalue weighted by Gasteiger charge is -2.00. The molecule has 2 rings (SSSR count). The van der Waals surface area contributed by atoms with E-state index in [1.165, 1.54) is 6.07 Å². The fourth-order valence-electron chi connectivity index (χ4n) is 1.83. The van der Waals surface area contributed by atoms with Gasteiger partial charge in [0.15, 0.2) is 11.6 Å². The SMILES string of the molecule is CNCc1nc(Cc2ccc(F)c(F)c2)c(C)[nH]1.